The summed E-state index contributed by atoms with van der Waals surface area (Å²) in [6, 6.07) is 16.3. The standard InChI is InChI=1S/C23H21FN2O2/c1-15(16-2-4-17(5-3-16)18-10-12-25-13-11-18)26-23(27)21-9-7-19-6-8-20(24)14-22(19)28-21/h2-6,8,10-15,21H,7,9H2,1H3,(H,26,27). The number of carbonyl (C=O) groups excluding carboxylic acids is 1. The number of ether oxygens (including phenoxy) is 1. The number of fused-ring (bicyclic) bond motifs is 1. The van der Waals surface area contributed by atoms with Crippen molar-refractivity contribution in [2.24, 2.45) is 0 Å². The van der Waals surface area contributed by atoms with Gasteiger partial charge in [-0.25, -0.2) is 4.39 Å². The van der Waals surface area contributed by atoms with Crippen LogP contribution in [0.1, 0.15) is 30.5 Å². The van der Waals surface area contributed by atoms with E-state index in [4.69, 9.17) is 4.74 Å². The first-order chi connectivity index (χ1) is 13.6. The molecule has 0 saturated carbocycles. The molecule has 2 unspecified atom stereocenters. The fraction of sp³-hybridized carbons (Fsp3) is 0.217. The number of halogens is 1. The number of nitrogens with zero attached hydrogens (tertiary/aromatic N) is 1. The van der Waals surface area contributed by atoms with Gasteiger partial charge in [0.25, 0.3) is 5.91 Å². The van der Waals surface area contributed by atoms with Crippen molar-refractivity contribution in [3.05, 3.63) is 83.9 Å². The minimum atomic E-state index is -0.604. The summed E-state index contributed by atoms with van der Waals surface area (Å²) in [5, 5.41) is 3.00. The number of benzene rings is 2. The lowest BCUT2D eigenvalue weighted by Gasteiger charge is -2.26. The summed E-state index contributed by atoms with van der Waals surface area (Å²) in [4.78, 5) is 16.7. The number of pyridine rings is 1. The van der Waals surface area contributed by atoms with Crippen LogP contribution >= 0.6 is 0 Å². The van der Waals surface area contributed by atoms with Gasteiger partial charge in [0, 0.05) is 18.5 Å². The largest absolute Gasteiger partial charge is 0.480 e. The summed E-state index contributed by atoms with van der Waals surface area (Å²) in [5.41, 5.74) is 4.14. The van der Waals surface area contributed by atoms with Gasteiger partial charge in [-0.15, -0.1) is 0 Å². The normalized spacial score (nSPS) is 16.6. The summed E-state index contributed by atoms with van der Waals surface area (Å²) in [6.45, 7) is 1.94. The molecule has 2 aromatic carbocycles. The van der Waals surface area contributed by atoms with E-state index in [1.165, 1.54) is 12.1 Å². The van der Waals surface area contributed by atoms with Crippen molar-refractivity contribution in [3.8, 4) is 16.9 Å². The molecule has 1 amide bonds. The van der Waals surface area contributed by atoms with Crippen LogP contribution < -0.4 is 10.1 Å². The SMILES string of the molecule is CC(NC(=O)C1CCc2ccc(F)cc2O1)c1ccc(-c2ccncc2)cc1. The molecule has 0 aliphatic carbocycles. The van der Waals surface area contributed by atoms with Gasteiger partial charge in [-0.2, -0.15) is 0 Å². The molecule has 0 radical (unpaired) electrons. The van der Waals surface area contributed by atoms with E-state index >= 15 is 0 Å². The molecule has 142 valence electrons. The van der Waals surface area contributed by atoms with Crippen LogP contribution in [0.5, 0.6) is 5.75 Å². The van der Waals surface area contributed by atoms with E-state index in [0.717, 1.165) is 22.3 Å². The lowest BCUT2D eigenvalue weighted by atomic mass is 10.00. The van der Waals surface area contributed by atoms with Crippen molar-refractivity contribution < 1.29 is 13.9 Å². The van der Waals surface area contributed by atoms with Crippen LogP contribution in [0, 0.1) is 5.82 Å². The zero-order chi connectivity index (χ0) is 19.5. The van der Waals surface area contributed by atoms with E-state index in [-0.39, 0.29) is 17.8 Å². The van der Waals surface area contributed by atoms with Crippen LogP contribution in [0.25, 0.3) is 11.1 Å². The van der Waals surface area contributed by atoms with Crippen molar-refractivity contribution in [2.75, 3.05) is 0 Å². The first-order valence-electron chi connectivity index (χ1n) is 9.36. The van der Waals surface area contributed by atoms with Gasteiger partial charge < -0.3 is 10.1 Å². The van der Waals surface area contributed by atoms with Crippen molar-refractivity contribution in [1.82, 2.24) is 10.3 Å². The Hall–Kier alpha value is -3.21. The third kappa shape index (κ3) is 3.88. The second-order valence-corrected chi connectivity index (χ2v) is 6.99. The number of aryl methyl sites for hydroxylation is 1. The zero-order valence-electron chi connectivity index (χ0n) is 15.6. The predicted octanol–water partition coefficient (Wildman–Crippen LogP) is 4.46. The van der Waals surface area contributed by atoms with Gasteiger partial charge in [0.2, 0.25) is 0 Å². The second kappa shape index (κ2) is 7.80. The molecule has 0 saturated heterocycles. The molecule has 4 nitrogen and oxygen atoms in total. The fourth-order valence-corrected chi connectivity index (χ4v) is 3.43. The second-order valence-electron chi connectivity index (χ2n) is 6.99. The minimum Gasteiger partial charge on any atom is -0.480 e. The number of carbonyl (C=O) groups is 1. The van der Waals surface area contributed by atoms with E-state index < -0.39 is 6.10 Å². The minimum absolute atomic E-state index is 0.156. The van der Waals surface area contributed by atoms with Crippen LogP contribution in [0.3, 0.4) is 0 Å². The van der Waals surface area contributed by atoms with Crippen LogP contribution in [0.15, 0.2) is 67.0 Å². The number of hydrogen-bond acceptors (Lipinski definition) is 3. The average molecular weight is 376 g/mol. The Bertz CT molecular complexity index is 974. The molecule has 5 heteroatoms. The molecule has 0 bridgehead atoms. The van der Waals surface area contributed by atoms with Gasteiger partial charge in [-0.05, 0) is 60.2 Å². The Kier molecular flexibility index (Phi) is 5.06. The molecule has 0 fully saturated rings. The summed E-state index contributed by atoms with van der Waals surface area (Å²) in [6.07, 6.45) is 4.20. The highest BCUT2D eigenvalue weighted by molar-refractivity contribution is 5.82. The molecule has 3 aromatic rings. The lowest BCUT2D eigenvalue weighted by molar-refractivity contribution is -0.129. The highest BCUT2D eigenvalue weighted by Gasteiger charge is 2.27. The van der Waals surface area contributed by atoms with E-state index in [0.29, 0.717) is 18.6 Å². The zero-order valence-corrected chi connectivity index (χ0v) is 15.6. The maximum absolute atomic E-state index is 13.4. The molecule has 1 aliphatic heterocycles. The van der Waals surface area contributed by atoms with E-state index in [1.54, 1.807) is 18.5 Å². The first kappa shape index (κ1) is 18.2. The summed E-state index contributed by atoms with van der Waals surface area (Å²) >= 11 is 0. The fourth-order valence-electron chi connectivity index (χ4n) is 3.43. The number of amides is 1. The number of nitrogens with one attached hydrogen (secondary N) is 1. The third-order valence-corrected chi connectivity index (χ3v) is 5.05. The Labute approximate surface area is 163 Å². The number of rotatable bonds is 4. The highest BCUT2D eigenvalue weighted by atomic mass is 19.1. The van der Waals surface area contributed by atoms with Gasteiger partial charge in [-0.3, -0.25) is 9.78 Å². The summed E-state index contributed by atoms with van der Waals surface area (Å²) < 4.78 is 19.2. The van der Waals surface area contributed by atoms with Crippen LogP contribution in [0.4, 0.5) is 4.39 Å². The van der Waals surface area contributed by atoms with Gasteiger partial charge in [0.1, 0.15) is 11.6 Å². The Morgan fingerprint density at radius 3 is 2.57 bits per heavy atom. The summed E-state index contributed by atoms with van der Waals surface area (Å²) in [7, 11) is 0. The third-order valence-electron chi connectivity index (χ3n) is 5.05. The van der Waals surface area contributed by atoms with Crippen molar-refractivity contribution >= 4 is 5.91 Å². The molecule has 1 aliphatic rings. The maximum atomic E-state index is 13.4. The van der Waals surface area contributed by atoms with Gasteiger partial charge in [0.05, 0.1) is 6.04 Å². The number of aromatic nitrogens is 1. The Morgan fingerprint density at radius 1 is 1.11 bits per heavy atom. The van der Waals surface area contributed by atoms with Crippen molar-refractivity contribution in [1.29, 1.82) is 0 Å². The monoisotopic (exact) mass is 376 g/mol. The van der Waals surface area contributed by atoms with Gasteiger partial charge >= 0.3 is 0 Å². The Morgan fingerprint density at radius 2 is 1.82 bits per heavy atom. The molecular weight excluding hydrogens is 355 g/mol. The molecule has 2 heterocycles. The quantitative estimate of drug-likeness (QED) is 0.731. The van der Waals surface area contributed by atoms with E-state index in [9.17, 15) is 9.18 Å². The molecule has 2 atom stereocenters. The molecule has 4 rings (SSSR count). The van der Waals surface area contributed by atoms with Crippen molar-refractivity contribution in [3.63, 3.8) is 0 Å². The molecular formula is C23H21FN2O2. The van der Waals surface area contributed by atoms with E-state index in [2.05, 4.69) is 10.3 Å². The average Bonchev–Trinajstić information content (AvgIpc) is 2.74. The summed E-state index contributed by atoms with van der Waals surface area (Å²) in [5.74, 6) is -0.0798. The Balaban J connectivity index is 1.41. The van der Waals surface area contributed by atoms with Gasteiger partial charge in [0.15, 0.2) is 6.10 Å². The van der Waals surface area contributed by atoms with Crippen molar-refractivity contribution in [2.45, 2.75) is 31.9 Å². The number of hydrogen-bond donors (Lipinski definition) is 1. The van der Waals surface area contributed by atoms with E-state index in [1.807, 2.05) is 43.3 Å². The van der Waals surface area contributed by atoms with Crippen LogP contribution in [-0.4, -0.2) is 17.0 Å². The maximum Gasteiger partial charge on any atom is 0.261 e. The molecule has 0 spiro atoms. The topological polar surface area (TPSA) is 51.2 Å². The molecule has 28 heavy (non-hydrogen) atoms. The highest BCUT2D eigenvalue weighted by Crippen LogP contribution is 2.29. The first-order valence-corrected chi connectivity index (χ1v) is 9.36. The smallest absolute Gasteiger partial charge is 0.261 e. The predicted molar refractivity (Wildman–Crippen MR) is 105 cm³/mol. The van der Waals surface area contributed by atoms with Gasteiger partial charge in [-0.1, -0.05) is 30.3 Å². The van der Waals surface area contributed by atoms with Crippen LogP contribution in [0.2, 0.25) is 0 Å². The lowest BCUT2D eigenvalue weighted by Crippen LogP contribution is -2.41. The van der Waals surface area contributed by atoms with Crippen LogP contribution in [-0.2, 0) is 11.2 Å². The molecule has 1 N–H and O–H groups in total. The molecule has 1 aromatic heterocycles.